The van der Waals surface area contributed by atoms with Gasteiger partial charge in [0, 0.05) is 16.7 Å². The molecule has 0 aliphatic carbocycles. The third-order valence-electron chi connectivity index (χ3n) is 3.65. The molecule has 0 aliphatic rings. The number of hydrogen-bond donors (Lipinski definition) is 0. The molecular formula is C18H16ClNO4S. The van der Waals surface area contributed by atoms with Crippen molar-refractivity contribution in [1.29, 1.82) is 0 Å². The van der Waals surface area contributed by atoms with Crippen LogP contribution in [0, 0.1) is 0 Å². The molecule has 0 aliphatic heterocycles. The Hall–Kier alpha value is -2.18. The normalized spacial score (nSPS) is 12.2. The number of hydrogen-bond acceptors (Lipinski definition) is 6. The average molecular weight is 378 g/mol. The van der Waals surface area contributed by atoms with Gasteiger partial charge in [-0.2, -0.15) is 0 Å². The predicted molar refractivity (Wildman–Crippen MR) is 98.2 cm³/mol. The van der Waals surface area contributed by atoms with Crippen molar-refractivity contribution in [3.63, 3.8) is 0 Å². The molecule has 2 aromatic carbocycles. The van der Waals surface area contributed by atoms with Crippen LogP contribution in [0.25, 0.3) is 11.1 Å². The highest BCUT2D eigenvalue weighted by Crippen LogP contribution is 2.32. The lowest BCUT2D eigenvalue weighted by atomic mass is 10.1. The van der Waals surface area contributed by atoms with Crippen LogP contribution in [0.4, 0.5) is 0 Å². The number of carbonyl (C=O) groups is 1. The molecule has 130 valence electrons. The molecule has 0 radical (unpaired) electrons. The molecule has 3 aromatic rings. The van der Waals surface area contributed by atoms with E-state index < -0.39 is 0 Å². The number of methoxy groups -OCH3 is 2. The Kier molecular flexibility index (Phi) is 5.20. The Bertz CT molecular complexity index is 925. The second-order valence-electron chi connectivity index (χ2n) is 5.29. The quantitative estimate of drug-likeness (QED) is 0.451. The zero-order valence-electron chi connectivity index (χ0n) is 13.9. The van der Waals surface area contributed by atoms with Crippen molar-refractivity contribution in [3.8, 4) is 11.5 Å². The Labute approximate surface area is 154 Å². The van der Waals surface area contributed by atoms with Gasteiger partial charge >= 0.3 is 0 Å². The minimum Gasteiger partial charge on any atom is -0.493 e. The molecule has 1 atom stereocenters. The van der Waals surface area contributed by atoms with Crippen molar-refractivity contribution in [1.82, 2.24) is 4.98 Å². The van der Waals surface area contributed by atoms with E-state index in [-0.39, 0.29) is 11.0 Å². The summed E-state index contributed by atoms with van der Waals surface area (Å²) in [6, 6.07) is 10.3. The molecule has 5 nitrogen and oxygen atoms in total. The summed E-state index contributed by atoms with van der Waals surface area (Å²) >= 11 is 7.21. The number of oxazole rings is 1. The van der Waals surface area contributed by atoms with Gasteiger partial charge in [0.05, 0.1) is 19.5 Å². The summed E-state index contributed by atoms with van der Waals surface area (Å²) < 4.78 is 16.1. The summed E-state index contributed by atoms with van der Waals surface area (Å²) in [5.41, 5.74) is 1.84. The first-order valence-corrected chi connectivity index (χ1v) is 8.76. The number of Topliss-reactive ketones (excluding diaryl/α,β-unsaturated/α-hetero) is 1. The lowest BCUT2D eigenvalue weighted by Crippen LogP contribution is -2.13. The van der Waals surface area contributed by atoms with Crippen molar-refractivity contribution in [2.24, 2.45) is 0 Å². The Morgan fingerprint density at radius 2 is 1.92 bits per heavy atom. The van der Waals surface area contributed by atoms with Gasteiger partial charge in [0.1, 0.15) is 5.52 Å². The maximum Gasteiger partial charge on any atom is 0.257 e. The lowest BCUT2D eigenvalue weighted by Gasteiger charge is -2.11. The molecule has 0 amide bonds. The van der Waals surface area contributed by atoms with Crippen molar-refractivity contribution >= 4 is 40.2 Å². The van der Waals surface area contributed by atoms with Crippen LogP contribution in [-0.2, 0) is 0 Å². The van der Waals surface area contributed by atoms with Crippen LogP contribution < -0.4 is 9.47 Å². The molecule has 0 N–H and O–H groups in total. The number of rotatable bonds is 6. The maximum atomic E-state index is 12.7. The molecule has 1 heterocycles. The molecule has 0 saturated carbocycles. The van der Waals surface area contributed by atoms with E-state index in [0.29, 0.717) is 38.4 Å². The highest BCUT2D eigenvalue weighted by molar-refractivity contribution is 8.00. The first-order valence-electron chi connectivity index (χ1n) is 7.51. The number of ketones is 1. The number of carbonyl (C=O) groups excluding carboxylic acids is 1. The van der Waals surface area contributed by atoms with Crippen molar-refractivity contribution < 1.29 is 18.7 Å². The fourth-order valence-electron chi connectivity index (χ4n) is 2.36. The first kappa shape index (κ1) is 17.6. The molecule has 0 bridgehead atoms. The predicted octanol–water partition coefficient (Wildman–Crippen LogP) is 4.86. The maximum absolute atomic E-state index is 12.7. The van der Waals surface area contributed by atoms with Crippen molar-refractivity contribution in [3.05, 3.63) is 47.0 Å². The molecule has 0 spiro atoms. The van der Waals surface area contributed by atoms with Crippen LogP contribution in [0.2, 0.25) is 5.02 Å². The van der Waals surface area contributed by atoms with Crippen molar-refractivity contribution in [2.45, 2.75) is 17.4 Å². The monoisotopic (exact) mass is 377 g/mol. The summed E-state index contributed by atoms with van der Waals surface area (Å²) in [5.74, 6) is 1.04. The van der Waals surface area contributed by atoms with Gasteiger partial charge in [0.15, 0.2) is 22.9 Å². The Morgan fingerprint density at radius 3 is 2.64 bits per heavy atom. The van der Waals surface area contributed by atoms with E-state index in [1.807, 2.05) is 6.92 Å². The third-order valence-corrected chi connectivity index (χ3v) is 4.82. The summed E-state index contributed by atoms with van der Waals surface area (Å²) in [6.07, 6.45) is 0. The molecule has 25 heavy (non-hydrogen) atoms. The fourth-order valence-corrected chi connectivity index (χ4v) is 3.35. The minimum atomic E-state index is -0.373. The fraction of sp³-hybridized carbons (Fsp3) is 0.222. The Morgan fingerprint density at radius 1 is 1.16 bits per heavy atom. The van der Waals surface area contributed by atoms with E-state index in [1.54, 1.807) is 43.5 Å². The van der Waals surface area contributed by atoms with Gasteiger partial charge in [-0.05, 0) is 37.3 Å². The van der Waals surface area contributed by atoms with E-state index in [1.165, 1.54) is 18.9 Å². The second kappa shape index (κ2) is 7.37. The SMILES string of the molecule is COc1ccc(C(=O)C(C)Sc2nc3ccc(Cl)cc3o2)cc1OC. The number of ether oxygens (including phenoxy) is 2. The number of aromatic nitrogens is 1. The highest BCUT2D eigenvalue weighted by Gasteiger charge is 2.21. The van der Waals surface area contributed by atoms with E-state index in [2.05, 4.69) is 4.98 Å². The lowest BCUT2D eigenvalue weighted by molar-refractivity contribution is 0.0993. The number of thioether (sulfide) groups is 1. The van der Waals surface area contributed by atoms with Gasteiger partial charge in [-0.1, -0.05) is 23.4 Å². The van der Waals surface area contributed by atoms with E-state index in [0.717, 1.165) is 0 Å². The number of benzene rings is 2. The zero-order chi connectivity index (χ0) is 18.0. The molecular weight excluding hydrogens is 362 g/mol. The van der Waals surface area contributed by atoms with Gasteiger partial charge in [-0.15, -0.1) is 0 Å². The van der Waals surface area contributed by atoms with Gasteiger partial charge in [0.2, 0.25) is 0 Å². The smallest absolute Gasteiger partial charge is 0.257 e. The number of nitrogens with zero attached hydrogens (tertiary/aromatic N) is 1. The minimum absolute atomic E-state index is 0.0498. The standard InChI is InChI=1S/C18H16ClNO4S/c1-10(17(21)11-4-7-14(22-2)16(8-11)23-3)25-18-20-13-6-5-12(19)9-15(13)24-18/h4-10H,1-3H3. The van der Waals surface area contributed by atoms with E-state index >= 15 is 0 Å². The molecule has 1 aromatic heterocycles. The van der Waals surface area contributed by atoms with E-state index in [9.17, 15) is 4.79 Å². The van der Waals surface area contributed by atoms with Crippen LogP contribution in [0.1, 0.15) is 17.3 Å². The van der Waals surface area contributed by atoms with Crippen molar-refractivity contribution in [2.75, 3.05) is 14.2 Å². The van der Waals surface area contributed by atoms with Gasteiger partial charge < -0.3 is 13.9 Å². The number of fused-ring (bicyclic) bond motifs is 1. The van der Waals surface area contributed by atoms with Gasteiger partial charge in [-0.3, -0.25) is 4.79 Å². The third kappa shape index (κ3) is 3.75. The van der Waals surface area contributed by atoms with Crippen LogP contribution in [0.15, 0.2) is 46.0 Å². The van der Waals surface area contributed by atoms with Gasteiger partial charge in [-0.25, -0.2) is 4.98 Å². The summed E-state index contributed by atoms with van der Waals surface area (Å²) in [5, 5.41) is 0.634. The largest absolute Gasteiger partial charge is 0.493 e. The van der Waals surface area contributed by atoms with Crippen LogP contribution in [-0.4, -0.2) is 30.2 Å². The molecule has 0 fully saturated rings. The van der Waals surface area contributed by atoms with Crippen LogP contribution in [0.3, 0.4) is 0 Å². The van der Waals surface area contributed by atoms with Crippen LogP contribution >= 0.6 is 23.4 Å². The summed E-state index contributed by atoms with van der Waals surface area (Å²) in [6.45, 7) is 1.81. The Balaban J connectivity index is 1.79. The molecule has 7 heteroatoms. The highest BCUT2D eigenvalue weighted by atomic mass is 35.5. The first-order chi connectivity index (χ1) is 12.0. The molecule has 1 unspecified atom stereocenters. The summed E-state index contributed by atoms with van der Waals surface area (Å²) in [7, 11) is 3.09. The topological polar surface area (TPSA) is 61.6 Å². The zero-order valence-corrected chi connectivity index (χ0v) is 15.5. The second-order valence-corrected chi connectivity index (χ2v) is 7.01. The molecule has 0 saturated heterocycles. The average Bonchev–Trinajstić information content (AvgIpc) is 3.01. The molecule has 3 rings (SSSR count). The van der Waals surface area contributed by atoms with E-state index in [4.69, 9.17) is 25.5 Å². The van der Waals surface area contributed by atoms with Gasteiger partial charge in [0.25, 0.3) is 5.22 Å². The summed E-state index contributed by atoms with van der Waals surface area (Å²) in [4.78, 5) is 17.1. The van der Waals surface area contributed by atoms with Crippen LogP contribution in [0.5, 0.6) is 11.5 Å². The number of halogens is 1.